The van der Waals surface area contributed by atoms with Crippen LogP contribution in [0, 0.1) is 16.7 Å². The first-order chi connectivity index (χ1) is 8.62. The molecular formula is C15H23NO2. The summed E-state index contributed by atoms with van der Waals surface area (Å²) < 4.78 is 0. The van der Waals surface area contributed by atoms with Crippen molar-refractivity contribution in [3.63, 3.8) is 0 Å². The first kappa shape index (κ1) is 13.5. The summed E-state index contributed by atoms with van der Waals surface area (Å²) in [5.41, 5.74) is -1.53. The molecule has 0 aromatic rings. The fourth-order valence-corrected chi connectivity index (χ4v) is 3.61. The predicted molar refractivity (Wildman–Crippen MR) is 68.8 cm³/mol. The van der Waals surface area contributed by atoms with E-state index >= 15 is 0 Å². The summed E-state index contributed by atoms with van der Waals surface area (Å²) >= 11 is 0. The maximum absolute atomic E-state index is 11.4. The van der Waals surface area contributed by atoms with E-state index in [0.717, 1.165) is 25.7 Å². The fourth-order valence-electron chi connectivity index (χ4n) is 3.61. The number of nitriles is 1. The van der Waals surface area contributed by atoms with Gasteiger partial charge >= 0.3 is 0 Å². The average molecular weight is 249 g/mol. The third-order valence-corrected chi connectivity index (χ3v) is 4.95. The Morgan fingerprint density at radius 2 is 1.44 bits per heavy atom. The van der Waals surface area contributed by atoms with Gasteiger partial charge in [0.1, 0.15) is 5.78 Å². The number of nitrogens with zero attached hydrogens (tertiary/aromatic N) is 1. The largest absolute Gasteiger partial charge is 0.388 e. The molecule has 0 aromatic heterocycles. The first-order valence-electron chi connectivity index (χ1n) is 7.27. The number of ketones is 1. The molecule has 0 amide bonds. The zero-order chi connectivity index (χ0) is 13.1. The Bertz CT molecular complexity index is 338. The van der Waals surface area contributed by atoms with Crippen LogP contribution in [0.1, 0.15) is 70.6 Å². The summed E-state index contributed by atoms with van der Waals surface area (Å²) in [6.45, 7) is 0. The first-order valence-corrected chi connectivity index (χ1v) is 7.27. The molecule has 2 fully saturated rings. The highest BCUT2D eigenvalue weighted by Gasteiger charge is 2.51. The van der Waals surface area contributed by atoms with Crippen molar-refractivity contribution in [1.29, 1.82) is 5.26 Å². The Morgan fingerprint density at radius 3 is 1.94 bits per heavy atom. The average Bonchev–Trinajstić information content (AvgIpc) is 2.33. The van der Waals surface area contributed by atoms with Gasteiger partial charge in [-0.2, -0.15) is 5.26 Å². The molecule has 3 nitrogen and oxygen atoms in total. The van der Waals surface area contributed by atoms with Crippen LogP contribution in [0.15, 0.2) is 0 Å². The fraction of sp³-hybridized carbons (Fsp3) is 0.867. The summed E-state index contributed by atoms with van der Waals surface area (Å²) in [6, 6.07) is 2.45. The SMILES string of the molecule is N#CC1(C2(O)CCC(=O)CC2)CCCCCCC1. The Labute approximate surface area is 109 Å². The van der Waals surface area contributed by atoms with E-state index in [9.17, 15) is 15.2 Å². The number of hydrogen-bond acceptors (Lipinski definition) is 3. The summed E-state index contributed by atoms with van der Waals surface area (Å²) in [5.74, 6) is 0.235. The van der Waals surface area contributed by atoms with Crippen LogP contribution in [0.3, 0.4) is 0 Å². The standard InChI is InChI=1S/C15H23NO2/c16-12-14(8-4-2-1-3-5-9-14)15(18)10-6-13(17)7-11-15/h18H,1-11H2. The van der Waals surface area contributed by atoms with Crippen molar-refractivity contribution in [2.45, 2.75) is 76.2 Å². The van der Waals surface area contributed by atoms with E-state index in [0.29, 0.717) is 25.7 Å². The third-order valence-electron chi connectivity index (χ3n) is 4.95. The van der Waals surface area contributed by atoms with E-state index in [4.69, 9.17) is 0 Å². The highest BCUT2D eigenvalue weighted by Crippen LogP contribution is 2.48. The molecule has 0 aliphatic heterocycles. The van der Waals surface area contributed by atoms with E-state index in [2.05, 4.69) is 6.07 Å². The lowest BCUT2D eigenvalue weighted by atomic mass is 9.60. The predicted octanol–water partition coefficient (Wildman–Crippen LogP) is 3.11. The quantitative estimate of drug-likeness (QED) is 0.776. The van der Waals surface area contributed by atoms with Gasteiger partial charge in [0.2, 0.25) is 0 Å². The molecule has 0 heterocycles. The molecule has 2 saturated carbocycles. The van der Waals surface area contributed by atoms with Crippen LogP contribution in [0.4, 0.5) is 0 Å². The van der Waals surface area contributed by atoms with E-state index in [1.807, 2.05) is 0 Å². The van der Waals surface area contributed by atoms with E-state index < -0.39 is 11.0 Å². The summed E-state index contributed by atoms with van der Waals surface area (Å²) in [6.07, 6.45) is 9.10. The molecule has 0 radical (unpaired) electrons. The van der Waals surface area contributed by atoms with Crippen LogP contribution in [-0.2, 0) is 4.79 Å². The molecule has 1 N–H and O–H groups in total. The van der Waals surface area contributed by atoms with E-state index in [-0.39, 0.29) is 5.78 Å². The molecule has 2 aliphatic carbocycles. The second-order valence-electron chi connectivity index (χ2n) is 6.03. The van der Waals surface area contributed by atoms with E-state index in [1.165, 1.54) is 19.3 Å². The zero-order valence-electron chi connectivity index (χ0n) is 11.1. The minimum atomic E-state index is -0.924. The molecule has 0 unspecified atom stereocenters. The van der Waals surface area contributed by atoms with Gasteiger partial charge in [-0.3, -0.25) is 4.79 Å². The maximum atomic E-state index is 11.4. The van der Waals surface area contributed by atoms with Crippen LogP contribution in [-0.4, -0.2) is 16.5 Å². The van der Waals surface area contributed by atoms with Crippen LogP contribution < -0.4 is 0 Å². The van der Waals surface area contributed by atoms with Crippen LogP contribution >= 0.6 is 0 Å². The molecule has 2 aliphatic rings. The summed E-state index contributed by atoms with van der Waals surface area (Å²) in [4.78, 5) is 11.4. The van der Waals surface area contributed by atoms with Gasteiger partial charge in [-0.05, 0) is 25.7 Å². The second-order valence-corrected chi connectivity index (χ2v) is 6.03. The van der Waals surface area contributed by atoms with Gasteiger partial charge < -0.3 is 5.11 Å². The molecule has 0 aromatic carbocycles. The number of Topliss-reactive ketones (excluding diaryl/α,β-unsaturated/α-hetero) is 1. The molecule has 0 saturated heterocycles. The number of hydrogen-bond donors (Lipinski definition) is 1. The lowest BCUT2D eigenvalue weighted by molar-refractivity contribution is -0.134. The molecule has 3 heteroatoms. The Hall–Kier alpha value is -0.880. The highest BCUT2D eigenvalue weighted by atomic mass is 16.3. The lowest BCUT2D eigenvalue weighted by Crippen LogP contribution is -2.50. The van der Waals surface area contributed by atoms with Gasteiger partial charge in [0, 0.05) is 12.8 Å². The Kier molecular flexibility index (Phi) is 4.07. The van der Waals surface area contributed by atoms with Crippen molar-refractivity contribution >= 4 is 5.78 Å². The van der Waals surface area contributed by atoms with Crippen LogP contribution in [0.25, 0.3) is 0 Å². The van der Waals surface area contributed by atoms with Crippen molar-refractivity contribution in [3.05, 3.63) is 0 Å². The highest BCUT2D eigenvalue weighted by molar-refractivity contribution is 5.79. The van der Waals surface area contributed by atoms with Crippen molar-refractivity contribution in [2.75, 3.05) is 0 Å². The maximum Gasteiger partial charge on any atom is 0.133 e. The minimum absolute atomic E-state index is 0.235. The number of aliphatic hydroxyl groups is 1. The number of carbonyl (C=O) groups excluding carboxylic acids is 1. The van der Waals surface area contributed by atoms with Crippen LogP contribution in [0.5, 0.6) is 0 Å². The molecule has 100 valence electrons. The summed E-state index contributed by atoms with van der Waals surface area (Å²) in [5, 5.41) is 20.6. The lowest BCUT2D eigenvalue weighted by Gasteiger charge is -2.45. The molecular weight excluding hydrogens is 226 g/mol. The van der Waals surface area contributed by atoms with Gasteiger partial charge in [-0.15, -0.1) is 0 Å². The Morgan fingerprint density at radius 1 is 0.944 bits per heavy atom. The van der Waals surface area contributed by atoms with Crippen molar-refractivity contribution in [2.24, 2.45) is 5.41 Å². The summed E-state index contributed by atoms with van der Waals surface area (Å²) in [7, 11) is 0. The molecule has 18 heavy (non-hydrogen) atoms. The molecule has 0 bridgehead atoms. The van der Waals surface area contributed by atoms with Crippen LogP contribution in [0.2, 0.25) is 0 Å². The second kappa shape index (κ2) is 5.40. The smallest absolute Gasteiger partial charge is 0.133 e. The van der Waals surface area contributed by atoms with Gasteiger partial charge in [-0.1, -0.05) is 32.1 Å². The number of rotatable bonds is 1. The topological polar surface area (TPSA) is 61.1 Å². The third kappa shape index (κ3) is 2.44. The normalized spacial score (nSPS) is 27.9. The molecule has 2 rings (SSSR count). The van der Waals surface area contributed by atoms with Gasteiger partial charge in [0.15, 0.2) is 0 Å². The van der Waals surface area contributed by atoms with Crippen molar-refractivity contribution in [3.8, 4) is 6.07 Å². The monoisotopic (exact) mass is 249 g/mol. The minimum Gasteiger partial charge on any atom is -0.388 e. The van der Waals surface area contributed by atoms with E-state index in [1.54, 1.807) is 0 Å². The van der Waals surface area contributed by atoms with Gasteiger partial charge in [0.25, 0.3) is 0 Å². The molecule has 0 atom stereocenters. The van der Waals surface area contributed by atoms with Gasteiger partial charge in [-0.25, -0.2) is 0 Å². The van der Waals surface area contributed by atoms with Crippen molar-refractivity contribution in [1.82, 2.24) is 0 Å². The van der Waals surface area contributed by atoms with Crippen molar-refractivity contribution < 1.29 is 9.90 Å². The Balaban J connectivity index is 2.18. The zero-order valence-corrected chi connectivity index (χ0v) is 11.1. The molecule has 0 spiro atoms. The van der Waals surface area contributed by atoms with Gasteiger partial charge in [0.05, 0.1) is 17.1 Å². The number of carbonyl (C=O) groups is 1.